The van der Waals surface area contributed by atoms with Gasteiger partial charge >= 0.3 is 0 Å². The molecule has 0 aliphatic heterocycles. The number of aliphatic hydroxyl groups excluding tert-OH is 1. The Hall–Kier alpha value is -2.38. The molecular weight excluding hydrogens is 475 g/mol. The van der Waals surface area contributed by atoms with Crippen molar-refractivity contribution in [3.05, 3.63) is 72.1 Å². The normalized spacial score (nSPS) is 11.3. The van der Waals surface area contributed by atoms with Crippen LogP contribution < -0.4 is 33.3 Å². The number of halogens is 1. The third kappa shape index (κ3) is 4.31. The van der Waals surface area contributed by atoms with E-state index < -0.39 is 0 Å². The van der Waals surface area contributed by atoms with E-state index in [-0.39, 0.29) is 30.6 Å². The van der Waals surface area contributed by atoms with Gasteiger partial charge in [0.2, 0.25) is 11.2 Å². The van der Waals surface area contributed by atoms with Gasteiger partial charge in [-0.25, -0.2) is 0 Å². The maximum atomic E-state index is 9.35. The van der Waals surface area contributed by atoms with Crippen molar-refractivity contribution in [1.82, 2.24) is 4.57 Å². The Morgan fingerprint density at radius 2 is 1.90 bits per heavy atom. The van der Waals surface area contributed by atoms with Crippen LogP contribution in [0.25, 0.3) is 34.0 Å². The van der Waals surface area contributed by atoms with Gasteiger partial charge in [0.1, 0.15) is 5.75 Å². The number of hydrogen-bond donors (Lipinski definition) is 1. The summed E-state index contributed by atoms with van der Waals surface area (Å²) in [5.74, 6) is 0.847. The summed E-state index contributed by atoms with van der Waals surface area (Å²) < 4.78 is 9.77. The van der Waals surface area contributed by atoms with Crippen LogP contribution in [0, 0.1) is 0 Å². The Balaban J connectivity index is 0.00000240. The van der Waals surface area contributed by atoms with Crippen molar-refractivity contribution in [1.29, 1.82) is 0 Å². The fraction of sp³-hybridized carbons (Fsp3) is 0.208. The Bertz CT molecular complexity index is 1160. The number of pyridine rings is 1. The molecule has 29 heavy (non-hydrogen) atoms. The average Bonchev–Trinajstić information content (AvgIpc) is 3.06. The van der Waals surface area contributed by atoms with Crippen molar-refractivity contribution in [2.75, 3.05) is 13.7 Å². The average molecular weight is 500 g/mol. The van der Waals surface area contributed by atoms with E-state index in [1.165, 1.54) is 16.5 Å². The molecule has 0 radical (unpaired) electrons. The highest BCUT2D eigenvalue weighted by atomic mass is 127. The second-order valence-corrected chi connectivity index (χ2v) is 6.96. The van der Waals surface area contributed by atoms with Gasteiger partial charge in [-0.3, -0.25) is 0 Å². The molecule has 0 fully saturated rings. The lowest BCUT2D eigenvalue weighted by molar-refractivity contribution is -0.673. The van der Waals surface area contributed by atoms with Crippen molar-refractivity contribution in [3.8, 4) is 5.75 Å². The molecule has 4 rings (SSSR count). The molecule has 0 saturated heterocycles. The number of aryl methyl sites for hydroxylation is 2. The van der Waals surface area contributed by atoms with Gasteiger partial charge in [0, 0.05) is 60.9 Å². The summed E-state index contributed by atoms with van der Waals surface area (Å²) in [4.78, 5) is 0. The largest absolute Gasteiger partial charge is 1.00 e. The number of rotatable bonds is 6. The van der Waals surface area contributed by atoms with E-state index in [0.29, 0.717) is 6.42 Å². The summed E-state index contributed by atoms with van der Waals surface area (Å²) in [6.45, 7) is 0.932. The zero-order chi connectivity index (χ0) is 19.5. The van der Waals surface area contributed by atoms with E-state index >= 15 is 0 Å². The third-order valence-corrected chi connectivity index (χ3v) is 5.17. The molecule has 2 heterocycles. The van der Waals surface area contributed by atoms with Crippen LogP contribution >= 0.6 is 0 Å². The smallest absolute Gasteiger partial charge is 0.213 e. The monoisotopic (exact) mass is 500 g/mol. The van der Waals surface area contributed by atoms with Crippen LogP contribution in [0.5, 0.6) is 5.75 Å². The number of aromatic nitrogens is 2. The summed E-state index contributed by atoms with van der Waals surface area (Å²) in [6.07, 6.45) is 7.20. The number of hydrogen-bond acceptors (Lipinski definition) is 2. The van der Waals surface area contributed by atoms with Crippen molar-refractivity contribution in [2.24, 2.45) is 7.05 Å². The fourth-order valence-corrected chi connectivity index (χ4v) is 3.75. The maximum Gasteiger partial charge on any atom is 0.213 e. The highest BCUT2D eigenvalue weighted by Crippen LogP contribution is 2.23. The van der Waals surface area contributed by atoms with E-state index in [0.717, 1.165) is 28.9 Å². The Morgan fingerprint density at radius 1 is 1.07 bits per heavy atom. The highest BCUT2D eigenvalue weighted by Gasteiger charge is 2.14. The second kappa shape index (κ2) is 9.41. The molecule has 0 aliphatic carbocycles. The lowest BCUT2D eigenvalue weighted by Crippen LogP contribution is -3.00. The topological polar surface area (TPSA) is 38.3 Å². The van der Waals surface area contributed by atoms with Gasteiger partial charge in [-0.05, 0) is 30.3 Å². The summed E-state index contributed by atoms with van der Waals surface area (Å²) in [7, 11) is 3.76. The van der Waals surface area contributed by atoms with Crippen LogP contribution in [-0.4, -0.2) is 23.4 Å². The van der Waals surface area contributed by atoms with Crippen LogP contribution in [0.15, 0.2) is 60.8 Å². The molecule has 0 unspecified atom stereocenters. The molecule has 2 aromatic carbocycles. The molecule has 4 nitrogen and oxygen atoms in total. The molecule has 0 atom stereocenters. The van der Waals surface area contributed by atoms with Crippen LogP contribution in [0.2, 0.25) is 0 Å². The number of aliphatic hydroxyl groups is 1. The first-order chi connectivity index (χ1) is 13.7. The lowest BCUT2D eigenvalue weighted by atomic mass is 10.1. The molecule has 0 bridgehead atoms. The standard InChI is InChI=1S/C24H25N2O2.HI/c1-25-17-19(22-6-3-4-7-24(22)25)9-11-20-10-8-18-16-21(28-2)12-13-23(18)26(20)14-5-15-27;/h3-4,6-13,16-17,27H,5,14-15H2,1-2H3;1H/q+1;/p-1. The molecule has 1 N–H and O–H groups in total. The predicted octanol–water partition coefficient (Wildman–Crippen LogP) is 1.18. The van der Waals surface area contributed by atoms with E-state index in [1.807, 2.05) is 12.1 Å². The first-order valence-corrected chi connectivity index (χ1v) is 9.55. The van der Waals surface area contributed by atoms with Gasteiger partial charge in [-0.2, -0.15) is 4.57 Å². The molecule has 0 saturated carbocycles. The summed E-state index contributed by atoms with van der Waals surface area (Å²) >= 11 is 0. The first-order valence-electron chi connectivity index (χ1n) is 9.55. The van der Waals surface area contributed by atoms with Crippen LogP contribution in [0.4, 0.5) is 0 Å². The zero-order valence-electron chi connectivity index (χ0n) is 16.7. The van der Waals surface area contributed by atoms with E-state index in [1.54, 1.807) is 7.11 Å². The van der Waals surface area contributed by atoms with E-state index in [2.05, 4.69) is 77.0 Å². The molecule has 0 aliphatic rings. The van der Waals surface area contributed by atoms with E-state index in [4.69, 9.17) is 4.74 Å². The van der Waals surface area contributed by atoms with Crippen LogP contribution in [0.3, 0.4) is 0 Å². The quantitative estimate of drug-likeness (QED) is 0.319. The molecule has 4 aromatic rings. The number of ether oxygens (including phenoxy) is 1. The number of methoxy groups -OCH3 is 1. The first kappa shape index (κ1) is 21.3. The Kier molecular flexibility index (Phi) is 6.92. The minimum absolute atomic E-state index is 0. The molecule has 0 amide bonds. The van der Waals surface area contributed by atoms with Crippen molar-refractivity contribution < 1.29 is 38.4 Å². The number of nitrogens with zero attached hydrogens (tertiary/aromatic N) is 2. The van der Waals surface area contributed by atoms with Gasteiger partial charge < -0.3 is 38.4 Å². The van der Waals surface area contributed by atoms with Crippen molar-refractivity contribution in [3.63, 3.8) is 0 Å². The molecule has 0 spiro atoms. The molecule has 5 heteroatoms. The lowest BCUT2D eigenvalue weighted by Gasteiger charge is -2.06. The fourth-order valence-electron chi connectivity index (χ4n) is 3.75. The van der Waals surface area contributed by atoms with Gasteiger partial charge in [-0.15, -0.1) is 0 Å². The maximum absolute atomic E-state index is 9.35. The summed E-state index contributed by atoms with van der Waals surface area (Å²) in [5.41, 5.74) is 4.66. The summed E-state index contributed by atoms with van der Waals surface area (Å²) in [6, 6.07) is 18.8. The summed E-state index contributed by atoms with van der Waals surface area (Å²) in [5, 5.41) is 11.7. The SMILES string of the molecule is COc1ccc2c(ccc(/C=C/c3cn(C)c4ccccc34)[n+]2CCCO)c1.[I-]. The molecule has 150 valence electrons. The van der Waals surface area contributed by atoms with Crippen LogP contribution in [0.1, 0.15) is 17.7 Å². The number of fused-ring (bicyclic) bond motifs is 2. The minimum atomic E-state index is 0. The predicted molar refractivity (Wildman–Crippen MR) is 114 cm³/mol. The third-order valence-electron chi connectivity index (χ3n) is 5.17. The number of para-hydroxylation sites is 1. The van der Waals surface area contributed by atoms with Crippen LogP contribution in [-0.2, 0) is 13.6 Å². The number of benzene rings is 2. The van der Waals surface area contributed by atoms with Crippen molar-refractivity contribution in [2.45, 2.75) is 13.0 Å². The molecule has 2 aromatic heterocycles. The highest BCUT2D eigenvalue weighted by molar-refractivity contribution is 5.91. The Morgan fingerprint density at radius 3 is 2.69 bits per heavy atom. The van der Waals surface area contributed by atoms with Gasteiger partial charge in [0.15, 0.2) is 6.54 Å². The minimum Gasteiger partial charge on any atom is -1.00 e. The van der Waals surface area contributed by atoms with Gasteiger partial charge in [0.05, 0.1) is 12.5 Å². The van der Waals surface area contributed by atoms with E-state index in [9.17, 15) is 5.11 Å². The molecular formula is C24H25IN2O2. The Labute approximate surface area is 188 Å². The van der Waals surface area contributed by atoms with Gasteiger partial charge in [-0.1, -0.05) is 18.2 Å². The zero-order valence-corrected chi connectivity index (χ0v) is 18.8. The van der Waals surface area contributed by atoms with Gasteiger partial charge in [0.25, 0.3) is 0 Å². The van der Waals surface area contributed by atoms with Crippen molar-refractivity contribution >= 4 is 34.0 Å². The second-order valence-electron chi connectivity index (χ2n) is 6.96.